The molecule has 10 heteroatoms. The third-order valence-corrected chi connectivity index (χ3v) is 3.41. The number of ether oxygens (including phenoxy) is 1. The van der Waals surface area contributed by atoms with E-state index in [4.69, 9.17) is 15.0 Å². The SMILES string of the molecule is NC(CS(=O)(=O)O)C(=O)NCCNC(=O)OCc1ccccc1. The Kier molecular flexibility index (Phi) is 7.45. The van der Waals surface area contributed by atoms with E-state index in [2.05, 4.69) is 10.6 Å². The lowest BCUT2D eigenvalue weighted by molar-refractivity contribution is -0.121. The summed E-state index contributed by atoms with van der Waals surface area (Å²) in [5, 5.41) is 4.74. The average Bonchev–Trinajstić information content (AvgIpc) is 2.48. The number of rotatable bonds is 8. The Morgan fingerprint density at radius 1 is 1.17 bits per heavy atom. The van der Waals surface area contributed by atoms with Crippen LogP contribution in [0.15, 0.2) is 30.3 Å². The summed E-state index contributed by atoms with van der Waals surface area (Å²) in [5.74, 6) is -1.62. The van der Waals surface area contributed by atoms with Crippen LogP contribution >= 0.6 is 0 Å². The zero-order chi connectivity index (χ0) is 17.3. The van der Waals surface area contributed by atoms with Gasteiger partial charge in [0.05, 0.1) is 5.75 Å². The van der Waals surface area contributed by atoms with E-state index >= 15 is 0 Å². The van der Waals surface area contributed by atoms with Crippen LogP contribution in [0.25, 0.3) is 0 Å². The van der Waals surface area contributed by atoms with E-state index in [9.17, 15) is 18.0 Å². The van der Waals surface area contributed by atoms with Crippen molar-refractivity contribution < 1.29 is 27.3 Å². The van der Waals surface area contributed by atoms with Crippen molar-refractivity contribution >= 4 is 22.1 Å². The maximum absolute atomic E-state index is 11.4. The summed E-state index contributed by atoms with van der Waals surface area (Å²) in [5.41, 5.74) is 6.13. The van der Waals surface area contributed by atoms with Crippen LogP contribution in [0.4, 0.5) is 4.79 Å². The van der Waals surface area contributed by atoms with Gasteiger partial charge in [0.2, 0.25) is 5.91 Å². The summed E-state index contributed by atoms with van der Waals surface area (Å²) in [7, 11) is -4.32. The normalized spacial score (nSPS) is 12.3. The molecule has 0 saturated carbocycles. The van der Waals surface area contributed by atoms with Gasteiger partial charge in [-0.2, -0.15) is 8.42 Å². The molecule has 0 heterocycles. The molecule has 0 saturated heterocycles. The largest absolute Gasteiger partial charge is 0.445 e. The van der Waals surface area contributed by atoms with Gasteiger partial charge in [-0.15, -0.1) is 0 Å². The summed E-state index contributed by atoms with van der Waals surface area (Å²) >= 11 is 0. The molecule has 0 aliphatic rings. The smallest absolute Gasteiger partial charge is 0.407 e. The molecule has 1 aromatic carbocycles. The van der Waals surface area contributed by atoms with E-state index in [1.807, 2.05) is 30.3 Å². The summed E-state index contributed by atoms with van der Waals surface area (Å²) in [6.45, 7) is 0.245. The Morgan fingerprint density at radius 2 is 1.78 bits per heavy atom. The van der Waals surface area contributed by atoms with Crippen molar-refractivity contribution in [2.24, 2.45) is 5.73 Å². The Morgan fingerprint density at radius 3 is 2.39 bits per heavy atom. The molecule has 1 aromatic rings. The molecule has 5 N–H and O–H groups in total. The molecule has 0 aliphatic heterocycles. The predicted molar refractivity (Wildman–Crippen MR) is 82.0 cm³/mol. The molecule has 0 aliphatic carbocycles. The molecule has 0 spiro atoms. The predicted octanol–water partition coefficient (Wildman–Crippen LogP) is -0.756. The number of hydrogen-bond acceptors (Lipinski definition) is 6. The third-order valence-electron chi connectivity index (χ3n) is 2.63. The number of alkyl carbamates (subject to hydrolysis) is 1. The van der Waals surface area contributed by atoms with Gasteiger partial charge in [-0.05, 0) is 5.56 Å². The fraction of sp³-hybridized carbons (Fsp3) is 0.385. The van der Waals surface area contributed by atoms with Gasteiger partial charge < -0.3 is 21.1 Å². The molecule has 0 aromatic heterocycles. The highest BCUT2D eigenvalue weighted by molar-refractivity contribution is 7.85. The number of nitrogens with one attached hydrogen (secondary N) is 2. The number of benzene rings is 1. The second-order valence-electron chi connectivity index (χ2n) is 4.63. The third kappa shape index (κ3) is 8.76. The molecule has 23 heavy (non-hydrogen) atoms. The number of amides is 2. The van der Waals surface area contributed by atoms with Crippen LogP contribution in [0.5, 0.6) is 0 Å². The minimum Gasteiger partial charge on any atom is -0.445 e. The molecule has 9 nitrogen and oxygen atoms in total. The lowest BCUT2D eigenvalue weighted by Gasteiger charge is -2.11. The molecule has 0 fully saturated rings. The summed E-state index contributed by atoms with van der Waals surface area (Å²) in [6.07, 6.45) is -0.648. The molecular weight excluding hydrogens is 326 g/mol. The number of hydrogen-bond donors (Lipinski definition) is 4. The van der Waals surface area contributed by atoms with Crippen molar-refractivity contribution in [1.82, 2.24) is 10.6 Å². The van der Waals surface area contributed by atoms with Gasteiger partial charge in [-0.1, -0.05) is 30.3 Å². The topological polar surface area (TPSA) is 148 Å². The fourth-order valence-corrected chi connectivity index (χ4v) is 2.16. The van der Waals surface area contributed by atoms with Crippen LogP contribution in [0.1, 0.15) is 5.56 Å². The van der Waals surface area contributed by atoms with E-state index in [0.29, 0.717) is 0 Å². The molecule has 0 bridgehead atoms. The molecule has 128 valence electrons. The van der Waals surface area contributed by atoms with E-state index in [-0.39, 0.29) is 19.7 Å². The zero-order valence-electron chi connectivity index (χ0n) is 12.3. The highest BCUT2D eigenvalue weighted by Gasteiger charge is 2.19. The molecule has 1 atom stereocenters. The molecule has 1 unspecified atom stereocenters. The van der Waals surface area contributed by atoms with Crippen molar-refractivity contribution in [3.05, 3.63) is 35.9 Å². The monoisotopic (exact) mass is 345 g/mol. The Hall–Kier alpha value is -2.17. The lowest BCUT2D eigenvalue weighted by Crippen LogP contribution is -2.46. The van der Waals surface area contributed by atoms with Crippen molar-refractivity contribution in [2.45, 2.75) is 12.6 Å². The summed E-state index contributed by atoms with van der Waals surface area (Å²) in [4.78, 5) is 22.8. The highest BCUT2D eigenvalue weighted by atomic mass is 32.2. The van der Waals surface area contributed by atoms with Crippen LogP contribution in [0, 0.1) is 0 Å². The van der Waals surface area contributed by atoms with Crippen LogP contribution < -0.4 is 16.4 Å². The van der Waals surface area contributed by atoms with E-state index in [0.717, 1.165) is 5.56 Å². The first-order chi connectivity index (χ1) is 10.8. The van der Waals surface area contributed by atoms with Gasteiger partial charge in [-0.25, -0.2) is 4.79 Å². The van der Waals surface area contributed by atoms with Gasteiger partial charge >= 0.3 is 6.09 Å². The molecular formula is C13H19N3O6S. The van der Waals surface area contributed by atoms with Gasteiger partial charge in [0.15, 0.2) is 0 Å². The average molecular weight is 345 g/mol. The van der Waals surface area contributed by atoms with E-state index in [1.165, 1.54) is 0 Å². The van der Waals surface area contributed by atoms with Crippen molar-refractivity contribution in [2.75, 3.05) is 18.8 Å². The molecule has 0 radical (unpaired) electrons. The highest BCUT2D eigenvalue weighted by Crippen LogP contribution is 2.00. The number of carbonyl (C=O) groups excluding carboxylic acids is 2. The second kappa shape index (κ2) is 9.08. The second-order valence-corrected chi connectivity index (χ2v) is 6.13. The van der Waals surface area contributed by atoms with Gasteiger partial charge in [0, 0.05) is 13.1 Å². The lowest BCUT2D eigenvalue weighted by atomic mass is 10.2. The summed E-state index contributed by atoms with van der Waals surface area (Å²) in [6, 6.07) is 7.73. The van der Waals surface area contributed by atoms with Gasteiger partial charge in [0.1, 0.15) is 12.6 Å². The van der Waals surface area contributed by atoms with Crippen molar-refractivity contribution in [3.63, 3.8) is 0 Å². The zero-order valence-corrected chi connectivity index (χ0v) is 13.1. The van der Waals surface area contributed by atoms with Crippen LogP contribution in [0.2, 0.25) is 0 Å². The first-order valence-electron chi connectivity index (χ1n) is 6.71. The number of carbonyl (C=O) groups is 2. The van der Waals surface area contributed by atoms with Crippen molar-refractivity contribution in [3.8, 4) is 0 Å². The van der Waals surface area contributed by atoms with Crippen molar-refractivity contribution in [1.29, 1.82) is 0 Å². The van der Waals surface area contributed by atoms with Gasteiger partial charge in [-0.3, -0.25) is 9.35 Å². The fourth-order valence-electron chi connectivity index (χ4n) is 1.56. The Balaban J connectivity index is 2.16. The standard InChI is InChI=1S/C13H19N3O6S/c14-11(9-23(19,20)21)12(17)15-6-7-16-13(18)22-8-10-4-2-1-3-5-10/h1-5,11H,6-9,14H2,(H,15,17)(H,16,18)(H,19,20,21). The van der Waals surface area contributed by atoms with Crippen LogP contribution in [-0.4, -0.2) is 49.9 Å². The molecule has 2 amide bonds. The quantitative estimate of drug-likeness (QED) is 0.358. The minimum atomic E-state index is -4.32. The van der Waals surface area contributed by atoms with Crippen LogP contribution in [-0.2, 0) is 26.3 Å². The Bertz CT molecular complexity index is 620. The first-order valence-corrected chi connectivity index (χ1v) is 8.32. The van der Waals surface area contributed by atoms with Gasteiger partial charge in [0.25, 0.3) is 10.1 Å². The maximum Gasteiger partial charge on any atom is 0.407 e. The molecule has 1 rings (SSSR count). The maximum atomic E-state index is 11.4. The summed E-state index contributed by atoms with van der Waals surface area (Å²) < 4.78 is 34.7. The number of nitrogens with two attached hydrogens (primary N) is 1. The van der Waals surface area contributed by atoms with E-state index < -0.39 is 33.9 Å². The minimum absolute atomic E-state index is 0.0401. The van der Waals surface area contributed by atoms with Crippen LogP contribution in [0.3, 0.4) is 0 Å². The van der Waals surface area contributed by atoms with E-state index in [1.54, 1.807) is 0 Å². The Labute approximate surface area is 133 Å². The first kappa shape index (κ1) is 18.9.